The van der Waals surface area contributed by atoms with Crippen molar-refractivity contribution >= 4 is 21.8 Å². The van der Waals surface area contributed by atoms with Gasteiger partial charge >= 0.3 is 0 Å². The molecule has 288 valence electrons. The normalized spacial score (nSPS) is 13.5. The summed E-state index contributed by atoms with van der Waals surface area (Å²) in [5.74, 6) is 2.18. The van der Waals surface area contributed by atoms with Crippen molar-refractivity contribution in [1.82, 2.24) is 19.3 Å². The lowest BCUT2D eigenvalue weighted by atomic mass is 9.81. The number of hydrogen-bond donors (Lipinski definition) is 0. The smallest absolute Gasteiger partial charge is 0.137 e. The van der Waals surface area contributed by atoms with E-state index in [2.05, 4.69) is 145 Å². The van der Waals surface area contributed by atoms with Crippen LogP contribution in [0.1, 0.15) is 94.2 Å². The third-order valence-corrected chi connectivity index (χ3v) is 11.0. The maximum Gasteiger partial charge on any atom is 0.137 e. The van der Waals surface area contributed by atoms with Crippen molar-refractivity contribution in [1.29, 1.82) is 0 Å². The standard InChI is InChI=1S/C52H54N4O/c1-33-25-38(51(6,7)8)26-34(2)49(33)36-30-54-55(32-36)39-15-14-16-40(27-39)57-41-23-24-43-42-17-12-13-18-46(42)56(47(43)28-41)48-29-45(52(9,10)11)44(31-53-48)35-19-21-37(22-20-35)50(3,4)5/h12-32H,1-11H3/i1D3. The zero-order valence-corrected chi connectivity index (χ0v) is 34.8. The fourth-order valence-electron chi connectivity index (χ4n) is 7.85. The van der Waals surface area contributed by atoms with E-state index in [4.69, 9.17) is 13.8 Å². The van der Waals surface area contributed by atoms with Crippen LogP contribution in [0.2, 0.25) is 0 Å². The molecule has 0 aliphatic carbocycles. The maximum atomic E-state index is 8.39. The molecule has 0 aliphatic heterocycles. The molecule has 0 saturated heterocycles. The van der Waals surface area contributed by atoms with Gasteiger partial charge in [0, 0.05) is 50.5 Å². The average Bonchev–Trinajstić information content (AvgIpc) is 3.79. The Morgan fingerprint density at radius 2 is 1.30 bits per heavy atom. The highest BCUT2D eigenvalue weighted by Gasteiger charge is 2.24. The summed E-state index contributed by atoms with van der Waals surface area (Å²) in [6, 6.07) is 37.5. The highest BCUT2D eigenvalue weighted by atomic mass is 16.5. The van der Waals surface area contributed by atoms with Crippen LogP contribution in [0.4, 0.5) is 0 Å². The van der Waals surface area contributed by atoms with Gasteiger partial charge in [-0.2, -0.15) is 5.10 Å². The molecule has 5 aromatic carbocycles. The molecular formula is C52H54N4O. The SMILES string of the molecule is [2H]C([2H])([2H])c1cc(C(C)(C)C)cc(C)c1-c1cnn(-c2cccc(Oc3ccc4c5ccccc5n(-c5cc(C(C)(C)C)c(-c6ccc(C(C)(C)C)cc6)cn5)c4c3)c2)c1. The van der Waals surface area contributed by atoms with Crippen molar-refractivity contribution in [3.8, 4) is 45.3 Å². The first-order valence-electron chi connectivity index (χ1n) is 21.3. The molecular weight excluding hydrogens is 697 g/mol. The molecule has 0 radical (unpaired) electrons. The van der Waals surface area contributed by atoms with Crippen molar-refractivity contribution in [2.45, 2.75) is 92.3 Å². The summed E-state index contributed by atoms with van der Waals surface area (Å²) in [5, 5.41) is 6.94. The van der Waals surface area contributed by atoms with E-state index >= 15 is 0 Å². The Kier molecular flexibility index (Phi) is 8.38. The van der Waals surface area contributed by atoms with Gasteiger partial charge in [-0.3, -0.25) is 4.57 Å². The summed E-state index contributed by atoms with van der Waals surface area (Å²) in [7, 11) is 0. The molecule has 8 aromatic rings. The highest BCUT2D eigenvalue weighted by molar-refractivity contribution is 6.09. The Balaban J connectivity index is 1.16. The lowest BCUT2D eigenvalue weighted by molar-refractivity contribution is 0.483. The van der Waals surface area contributed by atoms with Crippen molar-refractivity contribution in [3.63, 3.8) is 0 Å². The van der Waals surface area contributed by atoms with Crippen molar-refractivity contribution in [3.05, 3.63) is 156 Å². The molecule has 3 aromatic heterocycles. The molecule has 0 amide bonds. The van der Waals surface area contributed by atoms with Gasteiger partial charge in [0.15, 0.2) is 0 Å². The molecule has 5 nitrogen and oxygen atoms in total. The van der Waals surface area contributed by atoms with E-state index < -0.39 is 6.85 Å². The zero-order valence-electron chi connectivity index (χ0n) is 37.8. The molecule has 0 bridgehead atoms. The van der Waals surface area contributed by atoms with Crippen LogP contribution in [0.5, 0.6) is 11.5 Å². The Morgan fingerprint density at radius 1 is 0.596 bits per heavy atom. The third kappa shape index (κ3) is 7.28. The number of para-hydroxylation sites is 1. The van der Waals surface area contributed by atoms with Gasteiger partial charge in [-0.15, -0.1) is 0 Å². The monoisotopic (exact) mass is 753 g/mol. The predicted octanol–water partition coefficient (Wildman–Crippen LogP) is 14.0. The summed E-state index contributed by atoms with van der Waals surface area (Å²) in [6.45, 7) is 19.5. The first-order valence-corrected chi connectivity index (χ1v) is 19.8. The number of hydrogen-bond acceptors (Lipinski definition) is 3. The molecule has 0 N–H and O–H groups in total. The minimum absolute atomic E-state index is 0.0767. The van der Waals surface area contributed by atoms with Gasteiger partial charge in [-0.25, -0.2) is 9.67 Å². The van der Waals surface area contributed by atoms with E-state index in [0.29, 0.717) is 22.6 Å². The van der Waals surface area contributed by atoms with Crippen LogP contribution in [-0.2, 0) is 16.2 Å². The molecule has 0 aliphatic rings. The van der Waals surface area contributed by atoms with Crippen LogP contribution in [0.15, 0.2) is 128 Å². The highest BCUT2D eigenvalue weighted by Crippen LogP contribution is 2.39. The van der Waals surface area contributed by atoms with E-state index in [1.165, 1.54) is 11.1 Å². The number of fused-ring (bicyclic) bond motifs is 3. The fourth-order valence-corrected chi connectivity index (χ4v) is 7.85. The minimum atomic E-state index is -2.28. The van der Waals surface area contributed by atoms with Gasteiger partial charge in [0.1, 0.15) is 17.3 Å². The Labute approximate surface area is 342 Å². The quantitative estimate of drug-likeness (QED) is 0.170. The van der Waals surface area contributed by atoms with E-state index in [1.807, 2.05) is 55.7 Å². The molecule has 0 unspecified atom stereocenters. The number of ether oxygens (including phenoxy) is 1. The fraction of sp³-hybridized carbons (Fsp3) is 0.269. The molecule has 5 heteroatoms. The summed E-state index contributed by atoms with van der Waals surface area (Å²) >= 11 is 0. The molecule has 0 atom stereocenters. The number of nitrogens with zero attached hydrogens (tertiary/aromatic N) is 4. The predicted molar refractivity (Wildman–Crippen MR) is 239 cm³/mol. The molecule has 0 spiro atoms. The Bertz CT molecular complexity index is 2890. The number of aryl methyl sites for hydroxylation is 2. The summed E-state index contributed by atoms with van der Waals surface area (Å²) in [4.78, 5) is 5.15. The van der Waals surface area contributed by atoms with Gasteiger partial charge in [0.2, 0.25) is 0 Å². The summed E-state index contributed by atoms with van der Waals surface area (Å²) in [5.41, 5.74) is 11.1. The molecule has 8 rings (SSSR count). The number of aromatic nitrogens is 4. The topological polar surface area (TPSA) is 44.9 Å². The number of benzene rings is 5. The Morgan fingerprint density at radius 3 is 2.02 bits per heavy atom. The first kappa shape index (κ1) is 34.3. The molecule has 57 heavy (non-hydrogen) atoms. The first-order chi connectivity index (χ1) is 28.2. The van der Waals surface area contributed by atoms with Gasteiger partial charge in [0.05, 0.1) is 22.9 Å². The van der Waals surface area contributed by atoms with Crippen LogP contribution >= 0.6 is 0 Å². The minimum Gasteiger partial charge on any atom is -0.457 e. The average molecular weight is 754 g/mol. The van der Waals surface area contributed by atoms with Crippen molar-refractivity contribution in [2.75, 3.05) is 0 Å². The van der Waals surface area contributed by atoms with Crippen LogP contribution in [0.3, 0.4) is 0 Å². The van der Waals surface area contributed by atoms with Crippen molar-refractivity contribution < 1.29 is 8.85 Å². The van der Waals surface area contributed by atoms with Crippen molar-refractivity contribution in [2.24, 2.45) is 0 Å². The molecule has 0 saturated carbocycles. The zero-order chi connectivity index (χ0) is 42.9. The Hall–Kier alpha value is -5.94. The van der Waals surface area contributed by atoms with E-state index in [-0.39, 0.29) is 16.2 Å². The molecule has 3 heterocycles. The second kappa shape index (κ2) is 13.9. The van der Waals surface area contributed by atoms with Gasteiger partial charge in [-0.1, -0.05) is 123 Å². The largest absolute Gasteiger partial charge is 0.457 e. The molecule has 0 fully saturated rings. The van der Waals surface area contributed by atoms with Crippen LogP contribution in [-0.4, -0.2) is 19.3 Å². The number of pyridine rings is 1. The summed E-state index contributed by atoms with van der Waals surface area (Å²) in [6.07, 6.45) is 5.66. The summed E-state index contributed by atoms with van der Waals surface area (Å²) < 4.78 is 35.8. The number of rotatable bonds is 6. The van der Waals surface area contributed by atoms with Crippen LogP contribution < -0.4 is 4.74 Å². The van der Waals surface area contributed by atoms with Crippen LogP contribution in [0, 0.1) is 13.8 Å². The van der Waals surface area contributed by atoms with Gasteiger partial charge in [-0.05, 0) is 105 Å². The van der Waals surface area contributed by atoms with E-state index in [0.717, 1.165) is 61.1 Å². The second-order valence-corrected chi connectivity index (χ2v) is 18.4. The van der Waals surface area contributed by atoms with E-state index in [1.54, 1.807) is 10.9 Å². The second-order valence-electron chi connectivity index (χ2n) is 18.4. The third-order valence-electron chi connectivity index (χ3n) is 11.0. The van der Waals surface area contributed by atoms with Gasteiger partial charge in [0.25, 0.3) is 0 Å². The maximum absolute atomic E-state index is 8.39. The van der Waals surface area contributed by atoms with Crippen LogP contribution in [0.25, 0.3) is 55.6 Å². The lowest BCUT2D eigenvalue weighted by Crippen LogP contribution is -2.15. The lowest BCUT2D eigenvalue weighted by Gasteiger charge is -2.25. The van der Waals surface area contributed by atoms with E-state index in [9.17, 15) is 0 Å². The van der Waals surface area contributed by atoms with Gasteiger partial charge < -0.3 is 4.74 Å².